The molecule has 44 valence electrons. The number of rotatable bonds is 0. The molecule has 0 aromatic rings. The van der Waals surface area contributed by atoms with Gasteiger partial charge in [-0.05, 0) is 13.0 Å². The molecule has 0 spiro atoms. The van der Waals surface area contributed by atoms with E-state index in [1.807, 2.05) is 0 Å². The van der Waals surface area contributed by atoms with Gasteiger partial charge in [0.2, 0.25) is 0 Å². The van der Waals surface area contributed by atoms with Gasteiger partial charge in [-0.25, -0.2) is 4.79 Å². The Hall–Kier alpha value is -0.990. The van der Waals surface area contributed by atoms with Gasteiger partial charge < -0.3 is 10.5 Å². The molecule has 0 bridgehead atoms. The van der Waals surface area contributed by atoms with Gasteiger partial charge in [0, 0.05) is 0 Å². The molecular weight excluding hydrogens is 106 g/mol. The Bertz CT molecular complexity index is 151. The van der Waals surface area contributed by atoms with E-state index in [9.17, 15) is 4.79 Å². The number of esters is 1. The van der Waals surface area contributed by atoms with E-state index >= 15 is 0 Å². The molecular formula is C5H7NO2. The Morgan fingerprint density at radius 3 is 2.62 bits per heavy atom. The molecule has 1 heterocycles. The van der Waals surface area contributed by atoms with E-state index < -0.39 is 5.97 Å². The van der Waals surface area contributed by atoms with Gasteiger partial charge in [-0.15, -0.1) is 0 Å². The van der Waals surface area contributed by atoms with Crippen molar-refractivity contribution in [1.82, 2.24) is 0 Å². The first kappa shape index (κ1) is 5.15. The van der Waals surface area contributed by atoms with Gasteiger partial charge in [-0.2, -0.15) is 0 Å². The van der Waals surface area contributed by atoms with Crippen molar-refractivity contribution in [2.75, 3.05) is 0 Å². The van der Waals surface area contributed by atoms with Crippen molar-refractivity contribution in [3.8, 4) is 0 Å². The fraction of sp³-hybridized carbons (Fsp3) is 0.400. The SMILES string of the molecule is C[C@@H]1C=C(N)C(=O)O1. The molecule has 0 radical (unpaired) electrons. The standard InChI is InChI=1S/C5H7NO2/c1-3-2-4(6)5(7)8-3/h2-3H,6H2,1H3/t3-/m1/s1. The smallest absolute Gasteiger partial charge is 0.354 e. The average Bonchev–Trinajstić information content (AvgIpc) is 1.85. The molecule has 3 nitrogen and oxygen atoms in total. The maximum Gasteiger partial charge on any atom is 0.354 e. The Morgan fingerprint density at radius 2 is 2.50 bits per heavy atom. The summed E-state index contributed by atoms with van der Waals surface area (Å²) in [6, 6.07) is 0. The summed E-state index contributed by atoms with van der Waals surface area (Å²) in [7, 11) is 0. The lowest BCUT2D eigenvalue weighted by molar-refractivity contribution is -0.139. The molecule has 0 unspecified atom stereocenters. The quantitative estimate of drug-likeness (QED) is 0.441. The van der Waals surface area contributed by atoms with Gasteiger partial charge in [-0.3, -0.25) is 0 Å². The summed E-state index contributed by atoms with van der Waals surface area (Å²) >= 11 is 0. The predicted octanol–water partition coefficient (Wildman–Crippen LogP) is -0.226. The van der Waals surface area contributed by atoms with Crippen molar-refractivity contribution in [3.63, 3.8) is 0 Å². The van der Waals surface area contributed by atoms with Gasteiger partial charge in [0.15, 0.2) is 0 Å². The van der Waals surface area contributed by atoms with Crippen molar-refractivity contribution in [1.29, 1.82) is 0 Å². The van der Waals surface area contributed by atoms with E-state index in [4.69, 9.17) is 5.73 Å². The average molecular weight is 113 g/mol. The third-order valence-corrected chi connectivity index (χ3v) is 0.943. The number of hydrogen-bond donors (Lipinski definition) is 1. The Kier molecular flexibility index (Phi) is 0.970. The molecule has 0 saturated carbocycles. The second-order valence-corrected chi connectivity index (χ2v) is 1.73. The van der Waals surface area contributed by atoms with Crippen LogP contribution in [0.5, 0.6) is 0 Å². The van der Waals surface area contributed by atoms with Crippen LogP contribution in [0.1, 0.15) is 6.92 Å². The highest BCUT2D eigenvalue weighted by Gasteiger charge is 2.18. The molecule has 1 atom stereocenters. The van der Waals surface area contributed by atoms with Crippen molar-refractivity contribution in [2.24, 2.45) is 5.73 Å². The van der Waals surface area contributed by atoms with Crippen molar-refractivity contribution in [3.05, 3.63) is 11.8 Å². The van der Waals surface area contributed by atoms with Crippen LogP contribution < -0.4 is 5.73 Å². The highest BCUT2D eigenvalue weighted by atomic mass is 16.5. The third-order valence-electron chi connectivity index (χ3n) is 0.943. The maximum atomic E-state index is 10.4. The second-order valence-electron chi connectivity index (χ2n) is 1.73. The lowest BCUT2D eigenvalue weighted by Gasteiger charge is -1.95. The van der Waals surface area contributed by atoms with Crippen molar-refractivity contribution < 1.29 is 9.53 Å². The first-order chi connectivity index (χ1) is 3.70. The van der Waals surface area contributed by atoms with E-state index in [0.29, 0.717) is 0 Å². The molecule has 1 rings (SSSR count). The Labute approximate surface area is 47.1 Å². The van der Waals surface area contributed by atoms with Gasteiger partial charge >= 0.3 is 5.97 Å². The molecule has 0 aromatic heterocycles. The van der Waals surface area contributed by atoms with E-state index in [-0.39, 0.29) is 11.8 Å². The molecule has 1 aliphatic rings. The van der Waals surface area contributed by atoms with Crippen LogP contribution in [0.15, 0.2) is 11.8 Å². The largest absolute Gasteiger partial charge is 0.454 e. The fourth-order valence-electron chi connectivity index (χ4n) is 0.592. The molecule has 1 aliphatic heterocycles. The topological polar surface area (TPSA) is 52.3 Å². The van der Waals surface area contributed by atoms with Crippen LogP contribution in [0.2, 0.25) is 0 Å². The number of carbonyl (C=O) groups is 1. The first-order valence-corrected chi connectivity index (χ1v) is 2.38. The lowest BCUT2D eigenvalue weighted by Crippen LogP contribution is -2.08. The summed E-state index contributed by atoms with van der Waals surface area (Å²) in [5.41, 5.74) is 5.38. The maximum absolute atomic E-state index is 10.4. The summed E-state index contributed by atoms with van der Waals surface area (Å²) < 4.78 is 4.62. The molecule has 2 N–H and O–H groups in total. The van der Waals surface area contributed by atoms with Crippen molar-refractivity contribution >= 4 is 5.97 Å². The minimum atomic E-state index is -0.405. The summed E-state index contributed by atoms with van der Waals surface area (Å²) in [6.07, 6.45) is 1.45. The summed E-state index contributed by atoms with van der Waals surface area (Å²) in [5.74, 6) is -0.405. The molecule has 0 fully saturated rings. The van der Waals surface area contributed by atoms with E-state index in [1.165, 1.54) is 0 Å². The van der Waals surface area contributed by atoms with Gasteiger partial charge in [0.25, 0.3) is 0 Å². The summed E-state index contributed by atoms with van der Waals surface area (Å²) in [6.45, 7) is 1.76. The number of ether oxygens (including phenoxy) is 1. The molecule has 3 heteroatoms. The number of cyclic esters (lactones) is 1. The minimum Gasteiger partial charge on any atom is -0.454 e. The van der Waals surface area contributed by atoms with Gasteiger partial charge in [0.1, 0.15) is 11.8 Å². The molecule has 8 heavy (non-hydrogen) atoms. The van der Waals surface area contributed by atoms with Gasteiger partial charge in [0.05, 0.1) is 0 Å². The van der Waals surface area contributed by atoms with E-state index in [1.54, 1.807) is 13.0 Å². The van der Waals surface area contributed by atoms with Crippen LogP contribution in [0.4, 0.5) is 0 Å². The van der Waals surface area contributed by atoms with E-state index in [0.717, 1.165) is 0 Å². The lowest BCUT2D eigenvalue weighted by atomic mass is 10.4. The Morgan fingerprint density at radius 1 is 1.88 bits per heavy atom. The highest BCUT2D eigenvalue weighted by molar-refractivity contribution is 5.89. The van der Waals surface area contributed by atoms with Crippen LogP contribution >= 0.6 is 0 Å². The predicted molar refractivity (Wildman–Crippen MR) is 27.8 cm³/mol. The Balaban J connectivity index is 2.73. The summed E-state index contributed by atoms with van der Waals surface area (Å²) in [4.78, 5) is 10.4. The number of nitrogens with two attached hydrogens (primary N) is 1. The van der Waals surface area contributed by atoms with E-state index in [2.05, 4.69) is 4.74 Å². The van der Waals surface area contributed by atoms with Crippen LogP contribution in [0.3, 0.4) is 0 Å². The van der Waals surface area contributed by atoms with Crippen LogP contribution in [0.25, 0.3) is 0 Å². The third kappa shape index (κ3) is 0.665. The zero-order valence-electron chi connectivity index (χ0n) is 4.55. The van der Waals surface area contributed by atoms with Crippen LogP contribution in [0, 0.1) is 0 Å². The molecule has 0 saturated heterocycles. The van der Waals surface area contributed by atoms with Crippen molar-refractivity contribution in [2.45, 2.75) is 13.0 Å². The van der Waals surface area contributed by atoms with Crippen LogP contribution in [-0.2, 0) is 9.53 Å². The number of carbonyl (C=O) groups excluding carboxylic acids is 1. The molecule has 0 amide bonds. The zero-order chi connectivity index (χ0) is 6.15. The number of hydrogen-bond acceptors (Lipinski definition) is 3. The summed E-state index contributed by atoms with van der Waals surface area (Å²) in [5, 5.41) is 0. The zero-order valence-corrected chi connectivity index (χ0v) is 4.55. The highest BCUT2D eigenvalue weighted by Crippen LogP contribution is 2.06. The second kappa shape index (κ2) is 1.51. The first-order valence-electron chi connectivity index (χ1n) is 2.38. The molecule has 0 aliphatic carbocycles. The fourth-order valence-corrected chi connectivity index (χ4v) is 0.592. The molecule has 0 aromatic carbocycles. The van der Waals surface area contributed by atoms with Crippen LogP contribution in [-0.4, -0.2) is 12.1 Å². The minimum absolute atomic E-state index is 0.137. The normalized spacial score (nSPS) is 27.4. The van der Waals surface area contributed by atoms with Gasteiger partial charge in [-0.1, -0.05) is 0 Å². The monoisotopic (exact) mass is 113 g/mol.